The van der Waals surface area contributed by atoms with E-state index in [2.05, 4.69) is 15.7 Å². The van der Waals surface area contributed by atoms with Crippen molar-refractivity contribution in [1.82, 2.24) is 20.4 Å². The van der Waals surface area contributed by atoms with E-state index in [4.69, 9.17) is 4.74 Å². The number of aromatic nitrogens is 2. The number of carbonyl (C=O) groups is 1. The maximum Gasteiger partial charge on any atom is 0.249 e. The van der Waals surface area contributed by atoms with Gasteiger partial charge in [-0.15, -0.1) is 0 Å². The minimum atomic E-state index is -0.461. The number of nitrogens with one attached hydrogen (secondary N) is 2. The minimum Gasteiger partial charge on any atom is -0.384 e. The zero-order valence-electron chi connectivity index (χ0n) is 14.6. The van der Waals surface area contributed by atoms with Gasteiger partial charge in [0.1, 0.15) is 0 Å². The number of amides is 1. The molecule has 1 fully saturated rings. The molecule has 2 aromatic rings. The standard InChI is InChI=1S/C19H26N4O2/c1-25-15-19(8-11-20-12-9-19)14-21-18(24)17(23-13-5-10-22-23)16-6-3-2-4-7-16/h2-7,10,13,17,20H,8-9,11-12,14-15H2,1H3,(H,21,24). The van der Waals surface area contributed by atoms with Crippen LogP contribution in [0, 0.1) is 5.41 Å². The highest BCUT2D eigenvalue weighted by Crippen LogP contribution is 2.28. The van der Waals surface area contributed by atoms with Gasteiger partial charge >= 0.3 is 0 Å². The van der Waals surface area contributed by atoms with Crippen molar-refractivity contribution in [2.24, 2.45) is 5.41 Å². The number of hydrogen-bond donors (Lipinski definition) is 2. The van der Waals surface area contributed by atoms with Crippen LogP contribution in [0.4, 0.5) is 0 Å². The molecule has 2 heterocycles. The highest BCUT2D eigenvalue weighted by molar-refractivity contribution is 5.83. The molecule has 1 saturated heterocycles. The summed E-state index contributed by atoms with van der Waals surface area (Å²) in [6, 6.07) is 11.1. The molecule has 6 heteroatoms. The van der Waals surface area contributed by atoms with E-state index >= 15 is 0 Å². The molecular weight excluding hydrogens is 316 g/mol. The first-order valence-electron chi connectivity index (χ1n) is 8.76. The van der Waals surface area contributed by atoms with Crippen molar-refractivity contribution in [3.05, 3.63) is 54.4 Å². The van der Waals surface area contributed by atoms with Crippen LogP contribution in [0.5, 0.6) is 0 Å². The van der Waals surface area contributed by atoms with Crippen LogP contribution in [-0.4, -0.2) is 49.0 Å². The van der Waals surface area contributed by atoms with E-state index in [1.54, 1.807) is 18.0 Å². The maximum atomic E-state index is 13.0. The lowest BCUT2D eigenvalue weighted by molar-refractivity contribution is -0.124. The molecule has 6 nitrogen and oxygen atoms in total. The molecular formula is C19H26N4O2. The van der Waals surface area contributed by atoms with Crippen LogP contribution in [0.2, 0.25) is 0 Å². The molecule has 1 aliphatic rings. The Morgan fingerprint density at radius 1 is 1.32 bits per heavy atom. The van der Waals surface area contributed by atoms with Crippen LogP contribution in [0.3, 0.4) is 0 Å². The molecule has 0 radical (unpaired) electrons. The molecule has 1 atom stereocenters. The summed E-state index contributed by atoms with van der Waals surface area (Å²) in [5, 5.41) is 10.8. The number of methoxy groups -OCH3 is 1. The van der Waals surface area contributed by atoms with Gasteiger partial charge in [-0.2, -0.15) is 5.10 Å². The summed E-state index contributed by atoms with van der Waals surface area (Å²) in [6.07, 6.45) is 5.52. The van der Waals surface area contributed by atoms with E-state index in [0.717, 1.165) is 31.5 Å². The van der Waals surface area contributed by atoms with Gasteiger partial charge in [0.05, 0.1) is 6.61 Å². The zero-order chi connectivity index (χ0) is 17.5. The lowest BCUT2D eigenvalue weighted by atomic mass is 9.79. The first-order valence-corrected chi connectivity index (χ1v) is 8.76. The van der Waals surface area contributed by atoms with Gasteiger partial charge in [0, 0.05) is 31.5 Å². The molecule has 0 spiro atoms. The zero-order valence-corrected chi connectivity index (χ0v) is 14.6. The smallest absolute Gasteiger partial charge is 0.249 e. The van der Waals surface area contributed by atoms with Gasteiger partial charge in [-0.25, -0.2) is 0 Å². The van der Waals surface area contributed by atoms with Crippen LogP contribution in [-0.2, 0) is 9.53 Å². The monoisotopic (exact) mass is 342 g/mol. The predicted molar refractivity (Wildman–Crippen MR) is 96.2 cm³/mol. The highest BCUT2D eigenvalue weighted by atomic mass is 16.5. The molecule has 25 heavy (non-hydrogen) atoms. The Hall–Kier alpha value is -2.18. The number of hydrogen-bond acceptors (Lipinski definition) is 4. The Morgan fingerprint density at radius 2 is 2.08 bits per heavy atom. The summed E-state index contributed by atoms with van der Waals surface area (Å²) in [5.41, 5.74) is 0.927. The van der Waals surface area contributed by atoms with Crippen molar-refractivity contribution in [2.75, 3.05) is 33.4 Å². The molecule has 1 aromatic heterocycles. The van der Waals surface area contributed by atoms with Crippen molar-refractivity contribution in [2.45, 2.75) is 18.9 Å². The SMILES string of the molecule is COCC1(CNC(=O)C(c2ccccc2)n2cccn2)CCNCC1. The molecule has 1 aliphatic heterocycles. The fraction of sp³-hybridized carbons (Fsp3) is 0.474. The summed E-state index contributed by atoms with van der Waals surface area (Å²) >= 11 is 0. The summed E-state index contributed by atoms with van der Waals surface area (Å²) in [7, 11) is 1.72. The number of ether oxygens (including phenoxy) is 1. The molecule has 3 rings (SSSR count). The van der Waals surface area contributed by atoms with Gasteiger partial charge in [-0.3, -0.25) is 9.48 Å². The van der Waals surface area contributed by atoms with Gasteiger partial charge in [0.15, 0.2) is 6.04 Å². The number of piperidine rings is 1. The Labute approximate surface area is 148 Å². The molecule has 134 valence electrons. The van der Waals surface area contributed by atoms with E-state index in [1.807, 2.05) is 42.6 Å². The minimum absolute atomic E-state index is 0.00101. The molecule has 1 unspecified atom stereocenters. The van der Waals surface area contributed by atoms with E-state index < -0.39 is 6.04 Å². The Kier molecular flexibility index (Phi) is 5.83. The van der Waals surface area contributed by atoms with Crippen molar-refractivity contribution < 1.29 is 9.53 Å². The predicted octanol–water partition coefficient (Wildman–Crippen LogP) is 1.60. The first kappa shape index (κ1) is 17.6. The topological polar surface area (TPSA) is 68.2 Å². The van der Waals surface area contributed by atoms with Gasteiger partial charge in [-0.05, 0) is 37.6 Å². The summed E-state index contributed by atoms with van der Waals surface area (Å²) in [4.78, 5) is 13.0. The van der Waals surface area contributed by atoms with Crippen LogP contribution < -0.4 is 10.6 Å². The quantitative estimate of drug-likeness (QED) is 0.802. The molecule has 0 aliphatic carbocycles. The second kappa shape index (κ2) is 8.27. The fourth-order valence-electron chi connectivity index (χ4n) is 3.50. The number of nitrogens with zero attached hydrogens (tertiary/aromatic N) is 2. The number of benzene rings is 1. The van der Waals surface area contributed by atoms with Crippen LogP contribution in [0.15, 0.2) is 48.8 Å². The maximum absolute atomic E-state index is 13.0. The van der Waals surface area contributed by atoms with Crippen LogP contribution in [0.25, 0.3) is 0 Å². The van der Waals surface area contributed by atoms with Gasteiger partial charge in [0.2, 0.25) is 5.91 Å². The Bertz CT molecular complexity index is 646. The average molecular weight is 342 g/mol. The van der Waals surface area contributed by atoms with E-state index in [1.165, 1.54) is 0 Å². The Balaban J connectivity index is 1.74. The third-order valence-electron chi connectivity index (χ3n) is 4.91. The molecule has 0 bridgehead atoms. The van der Waals surface area contributed by atoms with Crippen molar-refractivity contribution in [1.29, 1.82) is 0 Å². The van der Waals surface area contributed by atoms with Crippen molar-refractivity contribution in [3.8, 4) is 0 Å². The van der Waals surface area contributed by atoms with Gasteiger partial charge < -0.3 is 15.4 Å². The number of rotatable bonds is 7. The lowest BCUT2D eigenvalue weighted by Gasteiger charge is -2.37. The largest absolute Gasteiger partial charge is 0.384 e. The summed E-state index contributed by atoms with van der Waals surface area (Å²) < 4.78 is 7.14. The fourth-order valence-corrected chi connectivity index (χ4v) is 3.50. The average Bonchev–Trinajstić information content (AvgIpc) is 3.16. The Morgan fingerprint density at radius 3 is 2.72 bits per heavy atom. The molecule has 0 saturated carbocycles. The number of carbonyl (C=O) groups excluding carboxylic acids is 1. The second-order valence-corrected chi connectivity index (χ2v) is 6.70. The molecule has 1 amide bonds. The third-order valence-corrected chi connectivity index (χ3v) is 4.91. The summed E-state index contributed by atoms with van der Waals surface area (Å²) in [6.45, 7) is 3.19. The van der Waals surface area contributed by atoms with E-state index in [-0.39, 0.29) is 11.3 Å². The second-order valence-electron chi connectivity index (χ2n) is 6.70. The van der Waals surface area contributed by atoms with Crippen LogP contribution in [0.1, 0.15) is 24.4 Å². The van der Waals surface area contributed by atoms with Gasteiger partial charge in [-0.1, -0.05) is 30.3 Å². The highest BCUT2D eigenvalue weighted by Gasteiger charge is 2.33. The summed E-state index contributed by atoms with van der Waals surface area (Å²) in [5.74, 6) is -0.0380. The normalized spacial score (nSPS) is 17.8. The first-order chi connectivity index (χ1) is 12.2. The van der Waals surface area contributed by atoms with E-state index in [9.17, 15) is 4.79 Å². The van der Waals surface area contributed by atoms with E-state index in [0.29, 0.717) is 13.2 Å². The lowest BCUT2D eigenvalue weighted by Crippen LogP contribution is -2.48. The van der Waals surface area contributed by atoms with Crippen molar-refractivity contribution >= 4 is 5.91 Å². The molecule has 2 N–H and O–H groups in total. The third kappa shape index (κ3) is 4.27. The van der Waals surface area contributed by atoms with Crippen molar-refractivity contribution in [3.63, 3.8) is 0 Å². The van der Waals surface area contributed by atoms with Gasteiger partial charge in [0.25, 0.3) is 0 Å². The molecule has 1 aromatic carbocycles. The van der Waals surface area contributed by atoms with Crippen LogP contribution >= 0.6 is 0 Å².